The summed E-state index contributed by atoms with van der Waals surface area (Å²) in [5.74, 6) is 0. The van der Waals surface area contributed by atoms with Crippen molar-refractivity contribution in [1.29, 1.82) is 0 Å². The maximum absolute atomic E-state index is 3.34. The predicted octanol–water partition coefficient (Wildman–Crippen LogP) is 8.70. The monoisotopic (exact) mass is 955 g/mol. The Kier molecular flexibility index (Phi) is 71.7. The molecule has 0 aromatic rings. The van der Waals surface area contributed by atoms with Gasteiger partial charge in [-0.15, -0.1) is 0 Å². The van der Waals surface area contributed by atoms with E-state index in [0.29, 0.717) is 0 Å². The van der Waals surface area contributed by atoms with Gasteiger partial charge in [-0.05, 0) is 219 Å². The van der Waals surface area contributed by atoms with Gasteiger partial charge >= 0.3 is 0 Å². The summed E-state index contributed by atoms with van der Waals surface area (Å²) in [6, 6.07) is 4.87. The second-order valence-electron chi connectivity index (χ2n) is 17.7. The molecule has 66 heavy (non-hydrogen) atoms. The smallest absolute Gasteiger partial charge is 0.0220 e. The number of hydrogen-bond acceptors (Lipinski definition) is 12. The van der Waals surface area contributed by atoms with Gasteiger partial charge in [0.15, 0.2) is 0 Å². The first-order valence-electron chi connectivity index (χ1n) is 23.8. The van der Waals surface area contributed by atoms with Gasteiger partial charge in [-0.25, -0.2) is 0 Å². The Morgan fingerprint density at radius 1 is 0.424 bits per heavy atom. The van der Waals surface area contributed by atoms with Gasteiger partial charge in [0.2, 0.25) is 0 Å². The summed E-state index contributed by atoms with van der Waals surface area (Å²) in [5, 5.41) is 19.6. The van der Waals surface area contributed by atoms with E-state index in [9.17, 15) is 0 Å². The minimum absolute atomic E-state index is 0. The van der Waals surface area contributed by atoms with Crippen molar-refractivity contribution in [2.75, 3.05) is 162 Å². The van der Waals surface area contributed by atoms with Gasteiger partial charge in [-0.3, -0.25) is 14.7 Å². The first kappa shape index (κ1) is 85.4. The van der Waals surface area contributed by atoms with E-state index in [1.54, 1.807) is 0 Å². The maximum atomic E-state index is 3.34. The van der Waals surface area contributed by atoms with E-state index in [1.807, 2.05) is 28.2 Å². The molecule has 6 heterocycles. The molecule has 0 bridgehead atoms. The van der Waals surface area contributed by atoms with Crippen molar-refractivity contribution >= 4 is 0 Å². The third-order valence-corrected chi connectivity index (χ3v) is 13.2. The van der Waals surface area contributed by atoms with Crippen molar-refractivity contribution in [2.45, 2.75) is 201 Å². The van der Waals surface area contributed by atoms with E-state index in [1.165, 1.54) is 156 Å². The lowest BCUT2D eigenvalue weighted by atomic mass is 10.1. The Balaban J connectivity index is -0.0000000823. The molecule has 0 spiro atoms. The minimum atomic E-state index is 0. The Morgan fingerprint density at radius 2 is 0.712 bits per heavy atom. The molecule has 0 amide bonds. The molecule has 6 fully saturated rings. The average Bonchev–Trinajstić information content (AvgIpc) is 4.02. The summed E-state index contributed by atoms with van der Waals surface area (Å²) in [6.45, 7) is 25.1. The van der Waals surface area contributed by atoms with Crippen LogP contribution in [0.3, 0.4) is 0 Å². The number of likely N-dealkylation sites (tertiary alicyclic amines) is 4. The topological polar surface area (TPSA) is 91.6 Å². The number of hydrogen-bond donors (Lipinski definition) is 6. The third-order valence-electron chi connectivity index (χ3n) is 13.2. The quantitative estimate of drug-likeness (QED) is 0.113. The van der Waals surface area contributed by atoms with Crippen LogP contribution in [0.5, 0.6) is 0 Å². The molecular weight excluding hydrogens is 817 g/mol. The minimum Gasteiger partial charge on any atom is -0.318 e. The van der Waals surface area contributed by atoms with Gasteiger partial charge in [0.05, 0.1) is 0 Å². The van der Waals surface area contributed by atoms with Crippen LogP contribution in [0.4, 0.5) is 0 Å². The van der Waals surface area contributed by atoms with Crippen LogP contribution in [-0.4, -0.2) is 227 Å². The lowest BCUT2D eigenvalue weighted by Crippen LogP contribution is -2.40. The number of nitrogens with zero attached hydrogens (tertiary/aromatic N) is 6. The molecule has 0 aromatic heterocycles. The number of likely N-dealkylation sites (N-methyl/N-ethyl adjacent to an activating group) is 6. The number of rotatable bonds is 12. The van der Waals surface area contributed by atoms with Crippen molar-refractivity contribution < 1.29 is 0 Å². The first-order valence-corrected chi connectivity index (χ1v) is 23.8. The number of nitrogens with one attached hydrogen (secondary N) is 6. The molecule has 6 aliphatic heterocycles. The molecule has 0 aromatic carbocycles. The second kappa shape index (κ2) is 55.4. The average molecular weight is 956 g/mol. The van der Waals surface area contributed by atoms with E-state index in [0.717, 1.165) is 55.9 Å². The van der Waals surface area contributed by atoms with Crippen molar-refractivity contribution in [3.8, 4) is 0 Å². The molecule has 12 heteroatoms. The normalized spacial score (nSPS) is 22.2. The van der Waals surface area contributed by atoms with Crippen molar-refractivity contribution in [2.24, 2.45) is 0 Å². The van der Waals surface area contributed by atoms with E-state index in [-0.39, 0.29) is 66.8 Å². The SMILES string of the molecule is C.C.C.C.C.C.C.C.C.CCN1CCCC1CNC.CCN1CCC[C@@H]1CNC.CCN1CCC[C@H]1CNC.CN(C)C1CCNCC1.CN1CCC(N(C)C)CC1.CNC1CCNCC1. The Hall–Kier alpha value is -0.480. The van der Waals surface area contributed by atoms with Crippen LogP contribution >= 0.6 is 0 Å². The van der Waals surface area contributed by atoms with Crippen LogP contribution in [0.1, 0.15) is 165 Å². The molecule has 6 rings (SSSR count). The number of piperidine rings is 3. The summed E-state index contributed by atoms with van der Waals surface area (Å²) in [6.07, 6.45) is 16.2. The van der Waals surface area contributed by atoms with Gasteiger partial charge in [-0.1, -0.05) is 87.6 Å². The van der Waals surface area contributed by atoms with Gasteiger partial charge in [0, 0.05) is 55.9 Å². The highest BCUT2D eigenvalue weighted by Gasteiger charge is 2.23. The Labute approximate surface area is 422 Å². The van der Waals surface area contributed by atoms with E-state index < -0.39 is 0 Å². The Morgan fingerprint density at radius 3 is 0.939 bits per heavy atom. The van der Waals surface area contributed by atoms with Gasteiger partial charge in [-0.2, -0.15) is 0 Å². The summed E-state index contributed by atoms with van der Waals surface area (Å²) in [7, 11) is 19.0. The molecule has 0 saturated carbocycles. The molecule has 0 radical (unpaired) electrons. The molecule has 1 unspecified atom stereocenters. The van der Waals surface area contributed by atoms with Crippen LogP contribution in [0, 0.1) is 0 Å². The highest BCUT2D eigenvalue weighted by atomic mass is 15.2. The zero-order chi connectivity index (χ0) is 42.3. The van der Waals surface area contributed by atoms with Crippen LogP contribution < -0.4 is 31.9 Å². The van der Waals surface area contributed by atoms with E-state index in [2.05, 4.69) is 117 Å². The van der Waals surface area contributed by atoms with Crippen molar-refractivity contribution in [3.63, 3.8) is 0 Å². The summed E-state index contributed by atoms with van der Waals surface area (Å²) in [4.78, 5) is 14.7. The molecule has 414 valence electrons. The molecule has 12 nitrogen and oxygen atoms in total. The lowest BCUT2D eigenvalue weighted by Gasteiger charge is -2.32. The standard InChI is InChI=1S/4C8H18N2.C7H16N2.C6H14N2.9CH4/c1-9(2)8-4-6-10(3)7-5-8;3*1-3-10-6-4-5-8(10)7-9-2;1-9(2)7-3-5-8-6-4-7;1-7-6-2-4-8-5-3-6;;;;;;;;;/h8H,4-7H2,1-3H3;3*8-9H,3-7H2,1-2H3;7-8H,3-6H2,1-2H3;6-8H,2-5H2,1H3;9*1H4/t;2*8-;;;;;;;;;;;;/m.10............/s1. The van der Waals surface area contributed by atoms with Crippen LogP contribution in [0.15, 0.2) is 0 Å². The fourth-order valence-corrected chi connectivity index (χ4v) is 9.28. The van der Waals surface area contributed by atoms with Crippen LogP contribution in [0.25, 0.3) is 0 Å². The van der Waals surface area contributed by atoms with Crippen LogP contribution in [0.2, 0.25) is 0 Å². The van der Waals surface area contributed by atoms with Crippen molar-refractivity contribution in [3.05, 3.63) is 0 Å². The Bertz CT molecular complexity index is 807. The fraction of sp³-hybridized carbons (Fsp3) is 1.00. The first-order chi connectivity index (χ1) is 27.6. The summed E-state index contributed by atoms with van der Waals surface area (Å²) >= 11 is 0. The second-order valence-corrected chi connectivity index (χ2v) is 17.7. The molecule has 6 saturated heterocycles. The van der Waals surface area contributed by atoms with Crippen molar-refractivity contribution in [1.82, 2.24) is 61.3 Å². The third kappa shape index (κ3) is 38.3. The summed E-state index contributed by atoms with van der Waals surface area (Å²) < 4.78 is 0. The molecule has 3 atom stereocenters. The molecule has 0 aliphatic carbocycles. The zero-order valence-electron chi connectivity index (χ0n) is 40.2. The van der Waals surface area contributed by atoms with Crippen LogP contribution in [-0.2, 0) is 0 Å². The lowest BCUT2D eigenvalue weighted by molar-refractivity contribution is 0.166. The van der Waals surface area contributed by atoms with E-state index >= 15 is 0 Å². The van der Waals surface area contributed by atoms with E-state index in [4.69, 9.17) is 0 Å². The van der Waals surface area contributed by atoms with Gasteiger partial charge in [0.25, 0.3) is 0 Å². The highest BCUT2D eigenvalue weighted by molar-refractivity contribution is 4.81. The largest absolute Gasteiger partial charge is 0.318 e. The molecular formula is C54H138N12. The fourth-order valence-electron chi connectivity index (χ4n) is 9.28. The highest BCUT2D eigenvalue weighted by Crippen LogP contribution is 2.17. The maximum Gasteiger partial charge on any atom is 0.0220 e. The molecule has 6 N–H and O–H groups in total. The van der Waals surface area contributed by atoms with Gasteiger partial charge in [0.1, 0.15) is 0 Å². The zero-order valence-corrected chi connectivity index (χ0v) is 40.2. The molecule has 6 aliphatic rings. The predicted molar refractivity (Wildman–Crippen MR) is 312 cm³/mol. The van der Waals surface area contributed by atoms with Gasteiger partial charge < -0.3 is 46.6 Å². The summed E-state index contributed by atoms with van der Waals surface area (Å²) in [5.41, 5.74) is 0.